The molecule has 224 valence electrons. The summed E-state index contributed by atoms with van der Waals surface area (Å²) in [5.41, 5.74) is 2.47. The maximum Gasteiger partial charge on any atom is 0.265 e. The highest BCUT2D eigenvalue weighted by Crippen LogP contribution is 2.36. The van der Waals surface area contributed by atoms with Crippen molar-refractivity contribution < 1.29 is 27.9 Å². The van der Waals surface area contributed by atoms with Crippen LogP contribution >= 0.6 is 24.2 Å². The van der Waals surface area contributed by atoms with Gasteiger partial charge in [0, 0.05) is 43.6 Å². The number of tetrazole rings is 1. The van der Waals surface area contributed by atoms with Crippen molar-refractivity contribution in [3.8, 4) is 17.1 Å². The molecule has 1 saturated heterocycles. The van der Waals surface area contributed by atoms with Crippen LogP contribution < -0.4 is 10.2 Å². The van der Waals surface area contributed by atoms with Gasteiger partial charge in [-0.05, 0) is 72.8 Å². The predicted molar refractivity (Wildman–Crippen MR) is 156 cm³/mol. The maximum atomic E-state index is 13.6. The predicted octanol–water partition coefficient (Wildman–Crippen LogP) is 2.71. The van der Waals surface area contributed by atoms with E-state index in [0.717, 1.165) is 10.5 Å². The molecule has 0 saturated carbocycles. The number of sulfone groups is 1. The second-order valence-electron chi connectivity index (χ2n) is 9.38. The first kappa shape index (κ1) is 32.8. The Kier molecular flexibility index (Phi) is 11.9. The number of carbonyl (C=O) groups excluding carboxylic acids is 1. The lowest BCUT2D eigenvalue weighted by Gasteiger charge is -2.39. The molecule has 0 bridgehead atoms. The number of methoxy groups -OCH3 is 1. The molecule has 1 amide bonds. The summed E-state index contributed by atoms with van der Waals surface area (Å²) in [4.78, 5) is 17.4. The molecule has 0 radical (unpaired) electrons. The van der Waals surface area contributed by atoms with Gasteiger partial charge in [-0.25, -0.2) is 13.9 Å². The molecule has 1 fully saturated rings. The first-order valence-corrected chi connectivity index (χ1v) is 15.6. The molecule has 0 unspecified atom stereocenters. The summed E-state index contributed by atoms with van der Waals surface area (Å²) in [6.45, 7) is 2.80. The average molecular weight is 627 g/mol. The molecule has 3 aromatic rings. The van der Waals surface area contributed by atoms with Crippen molar-refractivity contribution in [3.63, 3.8) is 0 Å². The number of aromatic nitrogens is 4. The lowest BCUT2D eigenvalue weighted by atomic mass is 9.95. The van der Waals surface area contributed by atoms with Crippen LogP contribution in [0.3, 0.4) is 0 Å². The van der Waals surface area contributed by atoms with E-state index >= 15 is 0 Å². The number of aryl methyl sites for hydroxylation is 1. The average Bonchev–Trinajstić information content (AvgIpc) is 3.47. The fourth-order valence-corrected chi connectivity index (χ4v) is 6.97. The quantitative estimate of drug-likeness (QED) is 0.125. The first-order chi connectivity index (χ1) is 19.3. The van der Waals surface area contributed by atoms with Crippen LogP contribution in [-0.2, 0) is 25.9 Å². The fourth-order valence-electron chi connectivity index (χ4n) is 4.61. The van der Waals surface area contributed by atoms with Crippen LogP contribution in [0, 0.1) is 0 Å². The third-order valence-corrected chi connectivity index (χ3v) is 10.3. The molecule has 12 nitrogen and oxygen atoms in total. The highest BCUT2D eigenvalue weighted by molar-refractivity contribution is 7.98. The van der Waals surface area contributed by atoms with E-state index in [0.29, 0.717) is 57.4 Å². The summed E-state index contributed by atoms with van der Waals surface area (Å²) in [7, 11) is -2.50. The van der Waals surface area contributed by atoms with E-state index in [2.05, 4.69) is 15.4 Å². The molecule has 2 N–H and O–H groups in total. The minimum Gasteiger partial charge on any atom is -0.494 e. The number of carbonyl (C=O) groups is 1. The van der Waals surface area contributed by atoms with Gasteiger partial charge in [-0.15, -0.1) is 34.4 Å². The van der Waals surface area contributed by atoms with Crippen molar-refractivity contribution in [1.29, 1.82) is 0 Å². The van der Waals surface area contributed by atoms with E-state index in [1.165, 1.54) is 16.9 Å². The highest BCUT2D eigenvalue weighted by atomic mass is 35.5. The molecule has 1 aliphatic rings. The summed E-state index contributed by atoms with van der Waals surface area (Å²) >= 11 is 1.67. The van der Waals surface area contributed by atoms with Crippen LogP contribution in [0.5, 0.6) is 5.75 Å². The molecular formula is C26H35ClN6O6S2. The number of ether oxygens (including phenoxy) is 2. The summed E-state index contributed by atoms with van der Waals surface area (Å²) in [6, 6.07) is 13.9. The molecule has 0 atom stereocenters. The van der Waals surface area contributed by atoms with Crippen LogP contribution in [0.15, 0.2) is 58.3 Å². The first-order valence-electron chi connectivity index (χ1n) is 12.9. The van der Waals surface area contributed by atoms with Crippen molar-refractivity contribution in [2.75, 3.05) is 46.2 Å². The number of likely N-dealkylation sites (tertiary alicyclic amines) is 1. The van der Waals surface area contributed by atoms with E-state index in [1.54, 1.807) is 36.5 Å². The number of nitrogens with zero attached hydrogens (tertiary/aromatic N) is 5. The zero-order valence-electron chi connectivity index (χ0n) is 22.9. The van der Waals surface area contributed by atoms with Crippen LogP contribution in [-0.4, -0.2) is 95.6 Å². The molecule has 1 aromatic heterocycles. The number of hydrogen-bond donors (Lipinski definition) is 2. The molecule has 15 heteroatoms. The van der Waals surface area contributed by atoms with Crippen molar-refractivity contribution in [3.05, 3.63) is 48.5 Å². The topological polar surface area (TPSA) is 149 Å². The van der Waals surface area contributed by atoms with E-state index in [1.807, 2.05) is 35.4 Å². The Balaban J connectivity index is 0.00000462. The molecule has 0 aliphatic carbocycles. The zero-order valence-corrected chi connectivity index (χ0v) is 25.4. The smallest absolute Gasteiger partial charge is 0.265 e. The van der Waals surface area contributed by atoms with Gasteiger partial charge < -0.3 is 14.4 Å². The van der Waals surface area contributed by atoms with Crippen molar-refractivity contribution in [1.82, 2.24) is 30.6 Å². The van der Waals surface area contributed by atoms with Crippen LogP contribution in [0.2, 0.25) is 0 Å². The summed E-state index contributed by atoms with van der Waals surface area (Å²) in [5, 5.41) is 22.0. The summed E-state index contributed by atoms with van der Waals surface area (Å²) in [5.74, 6) is 0.134. The summed E-state index contributed by atoms with van der Waals surface area (Å²) in [6.07, 6.45) is 2.75. The van der Waals surface area contributed by atoms with Gasteiger partial charge in [-0.3, -0.25) is 10.0 Å². The number of hydroxylamine groups is 1. The Morgan fingerprint density at radius 2 is 1.76 bits per heavy atom. The molecule has 2 heterocycles. The Hall–Kier alpha value is -2.75. The number of nitrogens with one attached hydrogen (secondary N) is 1. The Labute approximate surface area is 250 Å². The van der Waals surface area contributed by atoms with E-state index in [-0.39, 0.29) is 30.1 Å². The van der Waals surface area contributed by atoms with Crippen molar-refractivity contribution in [2.45, 2.75) is 40.3 Å². The number of piperidine rings is 1. The second-order valence-corrected chi connectivity index (χ2v) is 12.5. The van der Waals surface area contributed by atoms with Gasteiger partial charge in [0.15, 0.2) is 14.6 Å². The highest BCUT2D eigenvalue weighted by Gasteiger charge is 2.52. The number of rotatable bonds is 13. The third kappa shape index (κ3) is 7.56. The lowest BCUT2D eigenvalue weighted by molar-refractivity contribution is -0.133. The van der Waals surface area contributed by atoms with Gasteiger partial charge in [0.25, 0.3) is 5.91 Å². The van der Waals surface area contributed by atoms with Crippen LogP contribution in [0.4, 0.5) is 0 Å². The minimum atomic E-state index is -4.10. The monoisotopic (exact) mass is 626 g/mol. The Morgan fingerprint density at radius 1 is 1.07 bits per heavy atom. The van der Waals surface area contributed by atoms with Gasteiger partial charge in [-0.2, -0.15) is 4.80 Å². The van der Waals surface area contributed by atoms with Crippen molar-refractivity contribution in [2.24, 2.45) is 0 Å². The normalized spacial score (nSPS) is 15.2. The van der Waals surface area contributed by atoms with Gasteiger partial charge in [0.05, 0.1) is 24.7 Å². The Bertz CT molecular complexity index is 1360. The third-order valence-electron chi connectivity index (χ3n) is 7.01. The fraction of sp³-hybridized carbons (Fsp3) is 0.462. The molecule has 2 aromatic carbocycles. The second kappa shape index (κ2) is 14.9. The number of thioether (sulfide) groups is 1. The van der Waals surface area contributed by atoms with Gasteiger partial charge in [0.2, 0.25) is 5.82 Å². The number of amides is 1. The van der Waals surface area contributed by atoms with E-state index in [4.69, 9.17) is 9.47 Å². The summed E-state index contributed by atoms with van der Waals surface area (Å²) < 4.78 is 36.3. The SMILES string of the molecule is COCCN1CCC(C(=O)NO)(S(=O)(=O)c2ccc(OCCCn3nnc(-c4ccc(SC)cc4)n3)cc2)CC1.Cl. The van der Waals surface area contributed by atoms with E-state index < -0.39 is 20.5 Å². The zero-order chi connectivity index (χ0) is 28.6. The van der Waals surface area contributed by atoms with Crippen LogP contribution in [0.25, 0.3) is 11.4 Å². The Morgan fingerprint density at radius 3 is 2.37 bits per heavy atom. The minimum absolute atomic E-state index is 0. The standard InChI is InChI=1S/C26H34N6O6S2.ClH/c1-37-19-17-31-15-12-26(13-16-31,25(33)29-34)40(35,36)23-10-6-21(7-11-23)38-18-3-14-32-28-24(27-30-32)20-4-8-22(39-2)9-5-20;/h4-11,34H,3,12-19H2,1-2H3,(H,29,33);1H. The molecule has 1 aliphatic heterocycles. The van der Waals surface area contributed by atoms with E-state index in [9.17, 15) is 18.4 Å². The number of halogens is 1. The molecule has 41 heavy (non-hydrogen) atoms. The molecular weight excluding hydrogens is 592 g/mol. The molecule has 0 spiro atoms. The number of hydrogen-bond acceptors (Lipinski definition) is 11. The largest absolute Gasteiger partial charge is 0.494 e. The van der Waals surface area contributed by atoms with Gasteiger partial charge >= 0.3 is 0 Å². The van der Waals surface area contributed by atoms with Crippen LogP contribution in [0.1, 0.15) is 19.3 Å². The number of benzene rings is 2. The maximum absolute atomic E-state index is 13.6. The van der Waals surface area contributed by atoms with Crippen molar-refractivity contribution >= 4 is 39.9 Å². The van der Waals surface area contributed by atoms with Gasteiger partial charge in [0.1, 0.15) is 5.75 Å². The lowest BCUT2D eigenvalue weighted by Crippen LogP contribution is -2.57. The molecule has 4 rings (SSSR count). The van der Waals surface area contributed by atoms with Gasteiger partial charge in [-0.1, -0.05) is 0 Å².